The Balaban J connectivity index is 1.47. The summed E-state index contributed by atoms with van der Waals surface area (Å²) in [5.74, 6) is 1.17. The lowest BCUT2D eigenvalue weighted by molar-refractivity contribution is -0.142. The van der Waals surface area contributed by atoms with Crippen molar-refractivity contribution in [3.63, 3.8) is 0 Å². The standard InChI is InChI=1S/C17H28N2O2S4/c1-17(2)20-13(11-24-15(22)18-7-3-4-8-18)14(21-17)12-25-16(23)19-9-5-6-10-19/h13-14H,3-12H2,1-2H3/t13-,14-/m1/s1. The summed E-state index contributed by atoms with van der Waals surface area (Å²) in [5.41, 5.74) is 0. The number of rotatable bonds is 4. The van der Waals surface area contributed by atoms with Gasteiger partial charge in [0.2, 0.25) is 0 Å². The zero-order valence-electron chi connectivity index (χ0n) is 15.1. The summed E-state index contributed by atoms with van der Waals surface area (Å²) in [6, 6.07) is 0. The maximum absolute atomic E-state index is 6.14. The molecule has 0 aromatic carbocycles. The molecule has 3 rings (SSSR count). The van der Waals surface area contributed by atoms with Crippen LogP contribution in [0.15, 0.2) is 0 Å². The second-order valence-electron chi connectivity index (χ2n) is 7.25. The molecule has 0 aromatic rings. The Morgan fingerprint density at radius 3 is 1.56 bits per heavy atom. The highest BCUT2D eigenvalue weighted by Crippen LogP contribution is 2.33. The Kier molecular flexibility index (Phi) is 7.30. The molecule has 3 saturated heterocycles. The largest absolute Gasteiger partial charge is 0.358 e. The molecule has 8 heteroatoms. The molecule has 0 bridgehead atoms. The van der Waals surface area contributed by atoms with Crippen LogP contribution in [0.2, 0.25) is 0 Å². The van der Waals surface area contributed by atoms with Crippen molar-refractivity contribution in [2.45, 2.75) is 57.5 Å². The quantitative estimate of drug-likeness (QED) is 0.635. The van der Waals surface area contributed by atoms with E-state index in [1.54, 1.807) is 23.5 Å². The van der Waals surface area contributed by atoms with Crippen LogP contribution in [0.25, 0.3) is 0 Å². The van der Waals surface area contributed by atoms with Crippen LogP contribution in [0.4, 0.5) is 0 Å². The molecule has 0 radical (unpaired) electrons. The van der Waals surface area contributed by atoms with Crippen molar-refractivity contribution in [1.29, 1.82) is 0 Å². The van der Waals surface area contributed by atoms with Crippen LogP contribution in [0.3, 0.4) is 0 Å². The Bertz CT molecular complexity index is 449. The second kappa shape index (κ2) is 9.06. The first-order valence-corrected chi connectivity index (χ1v) is 11.9. The SMILES string of the molecule is CC1(C)O[C@H](CSC(=S)N2CCCC2)[C@@H](CSC(=S)N2CCCC2)O1. The number of ether oxygens (including phenoxy) is 2. The molecule has 0 spiro atoms. The highest BCUT2D eigenvalue weighted by atomic mass is 32.2. The van der Waals surface area contributed by atoms with Crippen LogP contribution in [0, 0.1) is 0 Å². The van der Waals surface area contributed by atoms with E-state index in [4.69, 9.17) is 33.9 Å². The van der Waals surface area contributed by atoms with E-state index in [0.717, 1.165) is 46.3 Å². The normalized spacial score (nSPS) is 28.7. The molecule has 0 aromatic heterocycles. The Morgan fingerprint density at radius 2 is 1.20 bits per heavy atom. The van der Waals surface area contributed by atoms with E-state index in [0.29, 0.717) is 0 Å². The summed E-state index contributed by atoms with van der Waals surface area (Å²) in [7, 11) is 0. The van der Waals surface area contributed by atoms with E-state index in [2.05, 4.69) is 9.80 Å². The van der Waals surface area contributed by atoms with Gasteiger partial charge in [0.05, 0.1) is 12.2 Å². The fourth-order valence-corrected chi connectivity index (χ4v) is 6.16. The number of hydrogen-bond acceptors (Lipinski definition) is 6. The fourth-order valence-electron chi connectivity index (χ4n) is 3.48. The first-order chi connectivity index (χ1) is 11.9. The van der Waals surface area contributed by atoms with Gasteiger partial charge in [-0.3, -0.25) is 0 Å². The van der Waals surface area contributed by atoms with E-state index >= 15 is 0 Å². The van der Waals surface area contributed by atoms with E-state index in [9.17, 15) is 0 Å². The number of nitrogens with zero attached hydrogens (tertiary/aromatic N) is 2. The Hall–Kier alpha value is 0.400. The summed E-state index contributed by atoms with van der Waals surface area (Å²) < 4.78 is 14.3. The maximum Gasteiger partial charge on any atom is 0.163 e. The average molecular weight is 421 g/mol. The molecule has 0 unspecified atom stereocenters. The van der Waals surface area contributed by atoms with Crippen LogP contribution in [-0.4, -0.2) is 74.1 Å². The second-order valence-corrected chi connectivity index (χ2v) is 10.6. The van der Waals surface area contributed by atoms with Gasteiger partial charge >= 0.3 is 0 Å². The van der Waals surface area contributed by atoms with E-state index < -0.39 is 5.79 Å². The molecule has 142 valence electrons. The topological polar surface area (TPSA) is 24.9 Å². The predicted octanol–water partition coefficient (Wildman–Crippen LogP) is 3.73. The molecular formula is C17H28N2O2S4. The third-order valence-corrected chi connectivity index (χ3v) is 7.98. The Labute approximate surface area is 170 Å². The van der Waals surface area contributed by atoms with Crippen LogP contribution < -0.4 is 0 Å². The first-order valence-electron chi connectivity index (χ1n) is 9.14. The van der Waals surface area contributed by atoms with Crippen LogP contribution in [-0.2, 0) is 9.47 Å². The predicted molar refractivity (Wildman–Crippen MR) is 116 cm³/mol. The lowest BCUT2D eigenvalue weighted by atomic mass is 10.3. The molecule has 25 heavy (non-hydrogen) atoms. The third kappa shape index (κ3) is 5.69. The van der Waals surface area contributed by atoms with Crippen molar-refractivity contribution in [3.05, 3.63) is 0 Å². The smallest absolute Gasteiger partial charge is 0.163 e. The third-order valence-electron chi connectivity index (χ3n) is 4.76. The van der Waals surface area contributed by atoms with Crippen molar-refractivity contribution in [1.82, 2.24) is 9.80 Å². The van der Waals surface area contributed by atoms with Gasteiger partial charge in [-0.1, -0.05) is 48.0 Å². The van der Waals surface area contributed by atoms with E-state index in [1.807, 2.05) is 13.8 Å². The van der Waals surface area contributed by atoms with Gasteiger partial charge in [0.25, 0.3) is 0 Å². The fraction of sp³-hybridized carbons (Fsp3) is 0.882. The molecule has 2 atom stereocenters. The number of hydrogen-bond donors (Lipinski definition) is 0. The number of likely N-dealkylation sites (tertiary alicyclic amines) is 2. The zero-order valence-corrected chi connectivity index (χ0v) is 18.3. The molecule has 3 fully saturated rings. The molecule has 0 aliphatic carbocycles. The van der Waals surface area contributed by atoms with Gasteiger partial charge in [-0.25, -0.2) is 0 Å². The molecule has 0 N–H and O–H groups in total. The van der Waals surface area contributed by atoms with Gasteiger partial charge in [0.15, 0.2) is 5.79 Å². The molecule has 3 aliphatic rings. The number of thiocarbonyl (C=S) groups is 2. The van der Waals surface area contributed by atoms with Gasteiger partial charge < -0.3 is 19.3 Å². The minimum Gasteiger partial charge on any atom is -0.358 e. The van der Waals surface area contributed by atoms with Gasteiger partial charge in [-0.15, -0.1) is 0 Å². The van der Waals surface area contributed by atoms with Crippen LogP contribution in [0.5, 0.6) is 0 Å². The van der Waals surface area contributed by atoms with Crippen molar-refractivity contribution in [2.24, 2.45) is 0 Å². The minimum absolute atomic E-state index is 0.0643. The van der Waals surface area contributed by atoms with Gasteiger partial charge in [0, 0.05) is 37.7 Å². The number of thioether (sulfide) groups is 2. The van der Waals surface area contributed by atoms with Crippen molar-refractivity contribution in [3.8, 4) is 0 Å². The monoisotopic (exact) mass is 420 g/mol. The highest BCUT2D eigenvalue weighted by molar-refractivity contribution is 8.23. The van der Waals surface area contributed by atoms with Crippen LogP contribution in [0.1, 0.15) is 39.5 Å². The molecule has 0 saturated carbocycles. The summed E-state index contributed by atoms with van der Waals surface area (Å²) in [5, 5.41) is 0. The maximum atomic E-state index is 6.14. The average Bonchev–Trinajstić information content (AvgIpc) is 3.30. The van der Waals surface area contributed by atoms with E-state index in [1.165, 1.54) is 25.7 Å². The van der Waals surface area contributed by atoms with E-state index in [-0.39, 0.29) is 12.2 Å². The molecule has 0 amide bonds. The lowest BCUT2D eigenvalue weighted by Gasteiger charge is -2.22. The summed E-state index contributed by atoms with van der Waals surface area (Å²) in [6.45, 7) is 8.39. The Morgan fingerprint density at radius 1 is 0.840 bits per heavy atom. The van der Waals surface area contributed by atoms with Crippen molar-refractivity contribution >= 4 is 56.6 Å². The summed E-state index contributed by atoms with van der Waals surface area (Å²) >= 11 is 14.6. The van der Waals surface area contributed by atoms with Crippen molar-refractivity contribution < 1.29 is 9.47 Å². The highest BCUT2D eigenvalue weighted by Gasteiger charge is 2.41. The van der Waals surface area contributed by atoms with Gasteiger partial charge in [0.1, 0.15) is 8.64 Å². The van der Waals surface area contributed by atoms with Gasteiger partial charge in [-0.2, -0.15) is 0 Å². The van der Waals surface area contributed by atoms with Crippen LogP contribution >= 0.6 is 48.0 Å². The summed E-state index contributed by atoms with van der Waals surface area (Å²) in [6.07, 6.45) is 5.14. The zero-order chi connectivity index (χ0) is 17.9. The van der Waals surface area contributed by atoms with Gasteiger partial charge in [-0.05, 0) is 39.5 Å². The molecule has 3 aliphatic heterocycles. The molecule has 3 heterocycles. The van der Waals surface area contributed by atoms with Crippen molar-refractivity contribution in [2.75, 3.05) is 37.7 Å². The lowest BCUT2D eigenvalue weighted by Crippen LogP contribution is -2.31. The molecule has 4 nitrogen and oxygen atoms in total. The first kappa shape index (κ1) is 20.1. The molecular weight excluding hydrogens is 392 g/mol. The minimum atomic E-state index is -0.527. The summed E-state index contributed by atoms with van der Waals surface area (Å²) in [4.78, 5) is 4.63.